The SMILES string of the molecule is CCOc1cc(C)c(/C=C2\SC(=O)N(CC(=O)N(C(C)C)C(C)C)C2=O)cc1C(C)C. The van der Waals surface area contributed by atoms with Gasteiger partial charge in [0.25, 0.3) is 11.1 Å². The van der Waals surface area contributed by atoms with Crippen LogP contribution in [0, 0.1) is 6.92 Å². The van der Waals surface area contributed by atoms with E-state index in [-0.39, 0.29) is 30.5 Å². The maximum atomic E-state index is 12.9. The standard InChI is InChI=1S/C24H34N2O4S/c1-9-30-20-10-17(8)18(11-19(20)14(2)3)12-21-23(28)25(24(29)31-21)13-22(27)26(15(4)5)16(6)7/h10-12,14-16H,9,13H2,1-8H3/b21-12-. The number of benzene rings is 1. The summed E-state index contributed by atoms with van der Waals surface area (Å²) in [4.78, 5) is 41.3. The van der Waals surface area contributed by atoms with E-state index in [0.717, 1.165) is 39.1 Å². The Morgan fingerprint density at radius 3 is 2.26 bits per heavy atom. The summed E-state index contributed by atoms with van der Waals surface area (Å²) in [5.41, 5.74) is 2.88. The highest BCUT2D eigenvalue weighted by atomic mass is 32.2. The van der Waals surface area contributed by atoms with E-state index in [1.807, 2.05) is 53.7 Å². The van der Waals surface area contributed by atoms with Gasteiger partial charge in [0, 0.05) is 12.1 Å². The molecule has 6 nitrogen and oxygen atoms in total. The average Bonchev–Trinajstić information content (AvgIpc) is 2.90. The molecule has 0 unspecified atom stereocenters. The molecule has 0 atom stereocenters. The molecule has 170 valence electrons. The molecule has 0 radical (unpaired) electrons. The molecule has 1 aromatic carbocycles. The van der Waals surface area contributed by atoms with Crippen LogP contribution < -0.4 is 4.74 Å². The number of imide groups is 1. The van der Waals surface area contributed by atoms with Crippen LogP contribution in [-0.4, -0.2) is 52.1 Å². The van der Waals surface area contributed by atoms with Gasteiger partial charge in [0.15, 0.2) is 0 Å². The Labute approximate surface area is 190 Å². The van der Waals surface area contributed by atoms with Crippen molar-refractivity contribution < 1.29 is 19.1 Å². The summed E-state index contributed by atoms with van der Waals surface area (Å²) in [5, 5.41) is -0.412. The number of ether oxygens (including phenoxy) is 1. The topological polar surface area (TPSA) is 66.9 Å². The molecule has 1 saturated heterocycles. The van der Waals surface area contributed by atoms with E-state index in [4.69, 9.17) is 4.74 Å². The number of carbonyl (C=O) groups excluding carboxylic acids is 3. The summed E-state index contributed by atoms with van der Waals surface area (Å²) >= 11 is 0.881. The number of carbonyl (C=O) groups is 3. The smallest absolute Gasteiger partial charge is 0.294 e. The molecule has 0 bridgehead atoms. The minimum absolute atomic E-state index is 0.0102. The molecule has 31 heavy (non-hydrogen) atoms. The van der Waals surface area contributed by atoms with Crippen molar-refractivity contribution in [2.75, 3.05) is 13.2 Å². The Hall–Kier alpha value is -2.28. The van der Waals surface area contributed by atoms with Gasteiger partial charge in [0.1, 0.15) is 12.3 Å². The van der Waals surface area contributed by atoms with E-state index < -0.39 is 11.1 Å². The molecule has 0 aromatic heterocycles. The minimum Gasteiger partial charge on any atom is -0.494 e. The van der Waals surface area contributed by atoms with Gasteiger partial charge < -0.3 is 9.64 Å². The Balaban J connectivity index is 2.32. The molecule has 1 heterocycles. The first-order valence-corrected chi connectivity index (χ1v) is 11.6. The van der Waals surface area contributed by atoms with E-state index in [2.05, 4.69) is 13.8 Å². The normalized spacial score (nSPS) is 15.7. The van der Waals surface area contributed by atoms with Crippen LogP contribution in [0.2, 0.25) is 0 Å². The van der Waals surface area contributed by atoms with Gasteiger partial charge in [-0.05, 0) is 94.1 Å². The van der Waals surface area contributed by atoms with Crippen molar-refractivity contribution in [3.63, 3.8) is 0 Å². The zero-order chi connectivity index (χ0) is 23.5. The fraction of sp³-hybridized carbons (Fsp3) is 0.542. The van der Waals surface area contributed by atoms with Crippen molar-refractivity contribution in [2.45, 2.75) is 73.4 Å². The fourth-order valence-electron chi connectivity index (χ4n) is 3.77. The molecule has 0 spiro atoms. The quantitative estimate of drug-likeness (QED) is 0.514. The van der Waals surface area contributed by atoms with E-state index in [1.165, 1.54) is 0 Å². The molecule has 1 fully saturated rings. The lowest BCUT2D eigenvalue weighted by molar-refractivity contribution is -0.138. The second kappa shape index (κ2) is 10.4. The van der Waals surface area contributed by atoms with Crippen molar-refractivity contribution in [1.82, 2.24) is 9.80 Å². The predicted octanol–water partition coefficient (Wildman–Crippen LogP) is 5.20. The van der Waals surface area contributed by atoms with E-state index in [1.54, 1.807) is 11.0 Å². The van der Waals surface area contributed by atoms with Crippen molar-refractivity contribution in [1.29, 1.82) is 0 Å². The third-order valence-corrected chi connectivity index (χ3v) is 6.08. The maximum Gasteiger partial charge on any atom is 0.294 e. The first-order chi connectivity index (χ1) is 14.5. The van der Waals surface area contributed by atoms with Crippen LogP contribution in [0.5, 0.6) is 5.75 Å². The number of amides is 3. The fourth-order valence-corrected chi connectivity index (χ4v) is 4.60. The maximum absolute atomic E-state index is 12.9. The molecule has 0 saturated carbocycles. The van der Waals surface area contributed by atoms with Gasteiger partial charge in [0.05, 0.1) is 11.5 Å². The molecule has 0 aliphatic carbocycles. The molecule has 7 heteroatoms. The van der Waals surface area contributed by atoms with Crippen LogP contribution in [0.1, 0.15) is 71.1 Å². The number of hydrogen-bond acceptors (Lipinski definition) is 5. The highest BCUT2D eigenvalue weighted by Crippen LogP contribution is 2.35. The first kappa shape index (κ1) is 25.0. The number of rotatable bonds is 8. The van der Waals surface area contributed by atoms with Gasteiger partial charge in [-0.1, -0.05) is 13.8 Å². The highest BCUT2D eigenvalue weighted by Gasteiger charge is 2.37. The number of aryl methyl sites for hydroxylation is 1. The summed E-state index contributed by atoms with van der Waals surface area (Å²) in [5.74, 6) is 0.441. The van der Waals surface area contributed by atoms with Crippen molar-refractivity contribution in [2.24, 2.45) is 0 Å². The van der Waals surface area contributed by atoms with Gasteiger partial charge in [-0.3, -0.25) is 19.3 Å². The second-order valence-electron chi connectivity index (χ2n) is 8.59. The van der Waals surface area contributed by atoms with Crippen LogP contribution in [0.15, 0.2) is 17.0 Å². The molecule has 1 aliphatic heterocycles. The second-order valence-corrected chi connectivity index (χ2v) is 9.58. The lowest BCUT2D eigenvalue weighted by Gasteiger charge is -2.31. The average molecular weight is 447 g/mol. The predicted molar refractivity (Wildman–Crippen MR) is 126 cm³/mol. The Bertz CT molecular complexity index is 882. The van der Waals surface area contributed by atoms with Gasteiger partial charge in [-0.15, -0.1) is 0 Å². The summed E-state index contributed by atoms with van der Waals surface area (Å²) in [7, 11) is 0. The van der Waals surface area contributed by atoms with Crippen LogP contribution in [0.25, 0.3) is 6.08 Å². The summed E-state index contributed by atoms with van der Waals surface area (Å²) in [6.45, 7) is 16.1. The summed E-state index contributed by atoms with van der Waals surface area (Å²) < 4.78 is 5.77. The van der Waals surface area contributed by atoms with Crippen LogP contribution in [0.4, 0.5) is 4.79 Å². The largest absolute Gasteiger partial charge is 0.494 e. The van der Waals surface area contributed by atoms with Crippen LogP contribution >= 0.6 is 11.8 Å². The number of hydrogen-bond donors (Lipinski definition) is 0. The molecular formula is C24H34N2O4S. The molecule has 1 aliphatic rings. The van der Waals surface area contributed by atoms with Crippen molar-refractivity contribution in [3.05, 3.63) is 33.7 Å². The zero-order valence-corrected chi connectivity index (χ0v) is 20.6. The number of thioether (sulfide) groups is 1. The Morgan fingerprint density at radius 1 is 1.13 bits per heavy atom. The molecular weight excluding hydrogens is 412 g/mol. The van der Waals surface area contributed by atoms with E-state index >= 15 is 0 Å². The van der Waals surface area contributed by atoms with Gasteiger partial charge in [-0.2, -0.15) is 0 Å². The van der Waals surface area contributed by atoms with Crippen LogP contribution in [-0.2, 0) is 9.59 Å². The van der Waals surface area contributed by atoms with Gasteiger partial charge in [-0.25, -0.2) is 0 Å². The lowest BCUT2D eigenvalue weighted by Crippen LogP contribution is -2.48. The van der Waals surface area contributed by atoms with E-state index in [0.29, 0.717) is 11.5 Å². The van der Waals surface area contributed by atoms with Crippen molar-refractivity contribution >= 4 is 34.9 Å². The molecule has 3 amide bonds. The summed E-state index contributed by atoms with van der Waals surface area (Å²) in [6, 6.07) is 3.97. The Kier molecular flexibility index (Phi) is 8.34. The minimum atomic E-state index is -0.421. The zero-order valence-electron chi connectivity index (χ0n) is 19.8. The van der Waals surface area contributed by atoms with Gasteiger partial charge in [0.2, 0.25) is 5.91 Å². The molecule has 0 N–H and O–H groups in total. The van der Waals surface area contributed by atoms with Gasteiger partial charge >= 0.3 is 0 Å². The number of nitrogens with zero attached hydrogens (tertiary/aromatic N) is 2. The lowest BCUT2D eigenvalue weighted by atomic mass is 9.96. The first-order valence-electron chi connectivity index (χ1n) is 10.8. The third kappa shape index (κ3) is 5.70. The van der Waals surface area contributed by atoms with Crippen LogP contribution in [0.3, 0.4) is 0 Å². The highest BCUT2D eigenvalue weighted by molar-refractivity contribution is 8.18. The Morgan fingerprint density at radius 2 is 1.74 bits per heavy atom. The van der Waals surface area contributed by atoms with E-state index in [9.17, 15) is 14.4 Å². The summed E-state index contributed by atoms with van der Waals surface area (Å²) in [6.07, 6.45) is 1.75. The van der Waals surface area contributed by atoms with Crippen molar-refractivity contribution in [3.8, 4) is 5.75 Å². The monoisotopic (exact) mass is 446 g/mol. The molecule has 2 rings (SSSR count). The third-order valence-electron chi connectivity index (χ3n) is 5.17. The molecule has 1 aromatic rings.